The minimum absolute atomic E-state index is 0.0806. The first-order chi connectivity index (χ1) is 13.3. The Kier molecular flexibility index (Phi) is 6.65. The molecule has 0 unspecified atom stereocenters. The van der Waals surface area contributed by atoms with Gasteiger partial charge >= 0.3 is 0 Å². The quantitative estimate of drug-likeness (QED) is 0.467. The Balaban J connectivity index is 1.40. The summed E-state index contributed by atoms with van der Waals surface area (Å²) in [5.41, 5.74) is 3.14. The van der Waals surface area contributed by atoms with E-state index >= 15 is 0 Å². The molecule has 2 aromatic carbocycles. The van der Waals surface area contributed by atoms with Crippen molar-refractivity contribution in [1.29, 1.82) is 0 Å². The average Bonchev–Trinajstić information content (AvgIpc) is 3.03. The minimum atomic E-state index is 0.0806. The lowest BCUT2D eigenvalue weighted by atomic mass is 10.1. The molecule has 0 bridgehead atoms. The summed E-state index contributed by atoms with van der Waals surface area (Å²) in [7, 11) is 0. The first-order valence-corrected chi connectivity index (χ1v) is 9.46. The lowest BCUT2D eigenvalue weighted by molar-refractivity contribution is -0.120. The molecule has 0 aliphatic heterocycles. The number of amides is 1. The number of nitrogens with one attached hydrogen (secondary N) is 1. The van der Waals surface area contributed by atoms with Crippen LogP contribution in [0.1, 0.15) is 30.7 Å². The molecule has 1 N–H and O–H groups in total. The fourth-order valence-electron chi connectivity index (χ4n) is 3.24. The lowest BCUT2D eigenvalue weighted by Crippen LogP contribution is -2.26. The molecule has 1 amide bonds. The summed E-state index contributed by atoms with van der Waals surface area (Å²) >= 11 is 0. The monoisotopic (exact) mass is 359 g/mol. The number of imidazole rings is 1. The smallest absolute Gasteiger partial charge is 0.224 e. The van der Waals surface area contributed by atoms with Crippen LogP contribution in [0.15, 0.2) is 54.6 Å². The van der Waals surface area contributed by atoms with Gasteiger partial charge in [-0.05, 0) is 30.5 Å². The van der Waals surface area contributed by atoms with E-state index in [0.29, 0.717) is 19.5 Å². The van der Waals surface area contributed by atoms with Gasteiger partial charge in [-0.15, -0.1) is 6.42 Å². The highest BCUT2D eigenvalue weighted by molar-refractivity contribution is 5.78. The minimum Gasteiger partial charge on any atom is -0.356 e. The van der Waals surface area contributed by atoms with Crippen molar-refractivity contribution >= 4 is 16.9 Å². The highest BCUT2D eigenvalue weighted by atomic mass is 16.1. The zero-order valence-corrected chi connectivity index (χ0v) is 15.5. The van der Waals surface area contributed by atoms with Crippen LogP contribution < -0.4 is 5.32 Å². The third-order valence-corrected chi connectivity index (χ3v) is 4.59. The van der Waals surface area contributed by atoms with E-state index in [1.54, 1.807) is 0 Å². The highest BCUT2D eigenvalue weighted by Crippen LogP contribution is 2.17. The van der Waals surface area contributed by atoms with Crippen molar-refractivity contribution in [3.8, 4) is 12.3 Å². The van der Waals surface area contributed by atoms with Crippen molar-refractivity contribution < 1.29 is 4.79 Å². The number of terminal acetylenes is 1. The van der Waals surface area contributed by atoms with E-state index < -0.39 is 0 Å². The highest BCUT2D eigenvalue weighted by Gasteiger charge is 2.09. The van der Waals surface area contributed by atoms with Gasteiger partial charge in [-0.1, -0.05) is 54.8 Å². The summed E-state index contributed by atoms with van der Waals surface area (Å²) in [5, 5.41) is 3.00. The number of aromatic nitrogens is 2. The fourth-order valence-corrected chi connectivity index (χ4v) is 3.24. The normalized spacial score (nSPS) is 10.6. The maximum atomic E-state index is 11.9. The van der Waals surface area contributed by atoms with Gasteiger partial charge in [-0.25, -0.2) is 4.98 Å². The largest absolute Gasteiger partial charge is 0.356 e. The second-order valence-electron chi connectivity index (χ2n) is 6.63. The molecule has 1 aromatic heterocycles. The van der Waals surface area contributed by atoms with Crippen molar-refractivity contribution in [2.75, 3.05) is 6.54 Å². The molecule has 0 aliphatic rings. The van der Waals surface area contributed by atoms with Crippen molar-refractivity contribution in [3.05, 3.63) is 66.0 Å². The van der Waals surface area contributed by atoms with Gasteiger partial charge in [0, 0.05) is 13.0 Å². The van der Waals surface area contributed by atoms with E-state index in [1.807, 2.05) is 48.5 Å². The maximum Gasteiger partial charge on any atom is 0.224 e. The van der Waals surface area contributed by atoms with Gasteiger partial charge in [-0.2, -0.15) is 0 Å². The van der Waals surface area contributed by atoms with Crippen LogP contribution >= 0.6 is 0 Å². The number of rotatable bonds is 9. The van der Waals surface area contributed by atoms with Crippen LogP contribution in [0.5, 0.6) is 0 Å². The van der Waals surface area contributed by atoms with Gasteiger partial charge in [0.2, 0.25) is 5.91 Å². The number of nitrogens with zero attached hydrogens (tertiary/aromatic N) is 2. The molecule has 4 nitrogen and oxygen atoms in total. The van der Waals surface area contributed by atoms with E-state index in [2.05, 4.69) is 21.9 Å². The van der Waals surface area contributed by atoms with Crippen molar-refractivity contribution in [1.82, 2.24) is 14.9 Å². The molecule has 1 heterocycles. The molecule has 138 valence electrons. The van der Waals surface area contributed by atoms with Gasteiger partial charge in [0.1, 0.15) is 5.82 Å². The fraction of sp³-hybridized carbons (Fsp3) is 0.304. The first-order valence-electron chi connectivity index (χ1n) is 9.46. The van der Waals surface area contributed by atoms with E-state index in [1.165, 1.54) is 0 Å². The van der Waals surface area contributed by atoms with Crippen LogP contribution in [0, 0.1) is 12.3 Å². The topological polar surface area (TPSA) is 46.9 Å². The zero-order chi connectivity index (χ0) is 18.9. The average molecular weight is 359 g/mol. The molecule has 0 saturated carbocycles. The molecule has 4 heteroatoms. The van der Waals surface area contributed by atoms with Crippen LogP contribution in [0.4, 0.5) is 0 Å². The number of unbranched alkanes of at least 4 members (excludes halogenated alkanes) is 2. The van der Waals surface area contributed by atoms with E-state index in [4.69, 9.17) is 11.4 Å². The Hall–Kier alpha value is -3.06. The molecular weight excluding hydrogens is 334 g/mol. The van der Waals surface area contributed by atoms with Crippen molar-refractivity contribution in [3.63, 3.8) is 0 Å². The zero-order valence-electron chi connectivity index (χ0n) is 15.5. The Bertz CT molecular complexity index is 922. The summed E-state index contributed by atoms with van der Waals surface area (Å²) in [6.45, 7) is 1.26. The lowest BCUT2D eigenvalue weighted by Gasteiger charge is -2.07. The standard InChI is InChI=1S/C23H25N3O/c1-2-17-26-21-14-9-8-13-20(21)25-22(26)15-7-4-10-16-24-23(27)18-19-11-5-3-6-12-19/h1,3,5-6,8-9,11-14H,4,7,10,15-18H2,(H,24,27). The summed E-state index contributed by atoms with van der Waals surface area (Å²) in [6.07, 6.45) is 9.90. The molecule has 0 radical (unpaired) electrons. The molecule has 0 fully saturated rings. The third-order valence-electron chi connectivity index (χ3n) is 4.59. The first kappa shape index (κ1) is 18.7. The van der Waals surface area contributed by atoms with Crippen LogP contribution in [0.2, 0.25) is 0 Å². The number of benzene rings is 2. The summed E-state index contributed by atoms with van der Waals surface area (Å²) in [5.74, 6) is 3.85. The Morgan fingerprint density at radius 2 is 1.81 bits per heavy atom. The predicted molar refractivity (Wildman–Crippen MR) is 109 cm³/mol. The van der Waals surface area contributed by atoms with Crippen LogP contribution in [0.3, 0.4) is 0 Å². The third kappa shape index (κ3) is 5.21. The van der Waals surface area contributed by atoms with Crippen molar-refractivity contribution in [2.45, 2.75) is 38.6 Å². The maximum absolute atomic E-state index is 11.9. The number of hydrogen-bond donors (Lipinski definition) is 1. The van der Waals surface area contributed by atoms with Crippen LogP contribution in [-0.2, 0) is 24.2 Å². The summed E-state index contributed by atoms with van der Waals surface area (Å²) in [6, 6.07) is 17.9. The molecule has 0 atom stereocenters. The Morgan fingerprint density at radius 3 is 2.63 bits per heavy atom. The molecule has 0 aliphatic carbocycles. The molecule has 3 rings (SSSR count). The molecule has 3 aromatic rings. The van der Waals surface area contributed by atoms with Gasteiger partial charge in [-0.3, -0.25) is 4.79 Å². The Labute approximate surface area is 160 Å². The summed E-state index contributed by atoms with van der Waals surface area (Å²) < 4.78 is 2.12. The van der Waals surface area contributed by atoms with Gasteiger partial charge in [0.05, 0.1) is 24.0 Å². The van der Waals surface area contributed by atoms with E-state index in [0.717, 1.165) is 48.1 Å². The predicted octanol–water partition coefficient (Wildman–Crippen LogP) is 3.74. The number of para-hydroxylation sites is 2. The molecular formula is C23H25N3O. The molecule has 27 heavy (non-hydrogen) atoms. The number of carbonyl (C=O) groups is 1. The number of aryl methyl sites for hydroxylation is 1. The second kappa shape index (κ2) is 9.59. The number of fused-ring (bicyclic) bond motifs is 1. The van der Waals surface area contributed by atoms with Gasteiger partial charge in [0.15, 0.2) is 0 Å². The van der Waals surface area contributed by atoms with E-state index in [9.17, 15) is 4.79 Å². The number of carbonyl (C=O) groups excluding carboxylic acids is 1. The van der Waals surface area contributed by atoms with Crippen LogP contribution in [0.25, 0.3) is 11.0 Å². The summed E-state index contributed by atoms with van der Waals surface area (Å²) in [4.78, 5) is 16.7. The Morgan fingerprint density at radius 1 is 1.04 bits per heavy atom. The second-order valence-corrected chi connectivity index (χ2v) is 6.63. The van der Waals surface area contributed by atoms with Crippen molar-refractivity contribution in [2.24, 2.45) is 0 Å². The number of hydrogen-bond acceptors (Lipinski definition) is 2. The van der Waals surface area contributed by atoms with Crippen LogP contribution in [-0.4, -0.2) is 22.0 Å². The SMILES string of the molecule is C#CCn1c(CCCCCNC(=O)Cc2ccccc2)nc2ccccc21. The van der Waals surface area contributed by atoms with Gasteiger partial charge < -0.3 is 9.88 Å². The van der Waals surface area contributed by atoms with Gasteiger partial charge in [0.25, 0.3) is 0 Å². The molecule has 0 saturated heterocycles. The van der Waals surface area contributed by atoms with E-state index in [-0.39, 0.29) is 5.91 Å². The molecule has 0 spiro atoms.